The molecule has 0 aliphatic heterocycles. The van der Waals surface area contributed by atoms with Crippen LogP contribution in [0.3, 0.4) is 0 Å². The molecule has 0 heterocycles. The molecule has 0 aliphatic carbocycles. The molecule has 0 aliphatic rings. The van der Waals surface area contributed by atoms with E-state index >= 15 is 0 Å². The molecule has 0 amide bonds. The van der Waals surface area contributed by atoms with Crippen LogP contribution in [0.5, 0.6) is 5.75 Å². The first kappa shape index (κ1) is 11.0. The summed E-state index contributed by atoms with van der Waals surface area (Å²) in [5.74, 6) is 0.190. The molecule has 0 saturated heterocycles. The van der Waals surface area contributed by atoms with Gasteiger partial charge in [-0.3, -0.25) is 4.55 Å². The summed E-state index contributed by atoms with van der Waals surface area (Å²) in [4.78, 5) is -0.190. The maximum absolute atomic E-state index is 10.9. The minimum atomic E-state index is -4.20. The maximum atomic E-state index is 10.9. The van der Waals surface area contributed by atoms with Gasteiger partial charge in [0.05, 0.1) is 6.61 Å². The predicted octanol–water partition coefficient (Wildman–Crippen LogP) is 1.64. The summed E-state index contributed by atoms with van der Waals surface area (Å²) in [5.41, 5.74) is 0.876. The molecular formula is C9H12O4S. The average molecular weight is 216 g/mol. The van der Waals surface area contributed by atoms with Crippen LogP contribution in [0.25, 0.3) is 0 Å². The van der Waals surface area contributed by atoms with Gasteiger partial charge in [0.25, 0.3) is 10.1 Å². The van der Waals surface area contributed by atoms with Crippen molar-refractivity contribution in [2.24, 2.45) is 0 Å². The van der Waals surface area contributed by atoms with Crippen molar-refractivity contribution in [3.8, 4) is 5.75 Å². The monoisotopic (exact) mass is 216 g/mol. The molecule has 0 aromatic heterocycles. The van der Waals surface area contributed by atoms with Crippen molar-refractivity contribution in [3.05, 3.63) is 23.8 Å². The Balaban J connectivity index is 3.29. The van der Waals surface area contributed by atoms with Crippen LogP contribution < -0.4 is 4.74 Å². The quantitative estimate of drug-likeness (QED) is 0.780. The van der Waals surface area contributed by atoms with Crippen LogP contribution >= 0.6 is 0 Å². The molecule has 1 N–H and O–H groups in total. The first-order valence-electron chi connectivity index (χ1n) is 4.16. The lowest BCUT2D eigenvalue weighted by Gasteiger charge is -2.08. The molecule has 14 heavy (non-hydrogen) atoms. The number of rotatable bonds is 3. The number of aryl methyl sites for hydroxylation is 1. The second-order valence-corrected chi connectivity index (χ2v) is 4.25. The summed E-state index contributed by atoms with van der Waals surface area (Å²) in [5, 5.41) is 0. The molecule has 1 rings (SSSR count). The van der Waals surface area contributed by atoms with Crippen molar-refractivity contribution in [1.29, 1.82) is 0 Å². The molecule has 1 aromatic rings. The van der Waals surface area contributed by atoms with Gasteiger partial charge in [0.2, 0.25) is 0 Å². The van der Waals surface area contributed by atoms with Gasteiger partial charge in [-0.2, -0.15) is 8.42 Å². The minimum absolute atomic E-state index is 0.190. The Morgan fingerprint density at radius 1 is 1.43 bits per heavy atom. The van der Waals surface area contributed by atoms with Crippen molar-refractivity contribution >= 4 is 10.1 Å². The second-order valence-electron chi connectivity index (χ2n) is 2.86. The van der Waals surface area contributed by atoms with E-state index in [1.54, 1.807) is 19.1 Å². The molecule has 5 heteroatoms. The van der Waals surface area contributed by atoms with Gasteiger partial charge >= 0.3 is 0 Å². The van der Waals surface area contributed by atoms with E-state index in [9.17, 15) is 8.42 Å². The maximum Gasteiger partial charge on any atom is 0.298 e. The first-order valence-corrected chi connectivity index (χ1v) is 5.60. The summed E-state index contributed by atoms with van der Waals surface area (Å²) < 4.78 is 35.8. The smallest absolute Gasteiger partial charge is 0.298 e. The summed E-state index contributed by atoms with van der Waals surface area (Å²) in [7, 11) is -4.20. The van der Waals surface area contributed by atoms with Crippen molar-refractivity contribution in [2.75, 3.05) is 6.61 Å². The molecule has 0 saturated carbocycles. The number of ether oxygens (including phenoxy) is 1. The highest BCUT2D eigenvalue weighted by Gasteiger charge is 2.15. The fourth-order valence-electron chi connectivity index (χ4n) is 1.10. The van der Waals surface area contributed by atoms with E-state index in [1.165, 1.54) is 6.07 Å². The third-order valence-corrected chi connectivity index (χ3v) is 2.57. The van der Waals surface area contributed by atoms with Crippen molar-refractivity contribution in [2.45, 2.75) is 18.7 Å². The summed E-state index contributed by atoms with van der Waals surface area (Å²) in [6.45, 7) is 3.92. The van der Waals surface area contributed by atoms with Gasteiger partial charge in [-0.15, -0.1) is 0 Å². The molecule has 0 spiro atoms. The molecule has 1 aromatic carbocycles. The van der Waals surface area contributed by atoms with Gasteiger partial charge < -0.3 is 4.74 Å². The van der Waals surface area contributed by atoms with Crippen LogP contribution in [0, 0.1) is 6.92 Å². The predicted molar refractivity (Wildman–Crippen MR) is 52.2 cm³/mol. The average Bonchev–Trinajstić information content (AvgIpc) is 2.02. The van der Waals surface area contributed by atoms with Crippen LogP contribution in [0.15, 0.2) is 23.1 Å². The Morgan fingerprint density at radius 2 is 2.07 bits per heavy atom. The fraction of sp³-hybridized carbons (Fsp3) is 0.333. The van der Waals surface area contributed by atoms with Crippen molar-refractivity contribution in [3.63, 3.8) is 0 Å². The van der Waals surface area contributed by atoms with Gasteiger partial charge in [-0.25, -0.2) is 0 Å². The molecule has 0 bridgehead atoms. The van der Waals surface area contributed by atoms with E-state index in [0.717, 1.165) is 5.56 Å². The van der Waals surface area contributed by atoms with Crippen LogP contribution in [-0.2, 0) is 10.1 Å². The van der Waals surface area contributed by atoms with Gasteiger partial charge in [0, 0.05) is 0 Å². The Hall–Kier alpha value is -1.07. The van der Waals surface area contributed by atoms with Crippen LogP contribution in [0.2, 0.25) is 0 Å². The molecule has 0 fully saturated rings. The molecule has 0 atom stereocenters. The van der Waals surface area contributed by atoms with E-state index in [-0.39, 0.29) is 10.6 Å². The van der Waals surface area contributed by atoms with Gasteiger partial charge in [-0.1, -0.05) is 6.07 Å². The number of hydrogen-bond acceptors (Lipinski definition) is 3. The summed E-state index contributed by atoms with van der Waals surface area (Å²) in [6.07, 6.45) is 0. The highest BCUT2D eigenvalue weighted by Crippen LogP contribution is 2.24. The topological polar surface area (TPSA) is 63.6 Å². The van der Waals surface area contributed by atoms with Crippen molar-refractivity contribution in [1.82, 2.24) is 0 Å². The highest BCUT2D eigenvalue weighted by molar-refractivity contribution is 7.86. The van der Waals surface area contributed by atoms with E-state index in [2.05, 4.69) is 0 Å². The number of benzene rings is 1. The van der Waals surface area contributed by atoms with E-state index in [1.807, 2.05) is 6.92 Å². The lowest BCUT2D eigenvalue weighted by Crippen LogP contribution is -2.03. The Kier molecular flexibility index (Phi) is 3.13. The molecule has 4 nitrogen and oxygen atoms in total. The Bertz CT molecular complexity index is 422. The van der Waals surface area contributed by atoms with Gasteiger partial charge in [-0.05, 0) is 31.5 Å². The van der Waals surface area contributed by atoms with Crippen LogP contribution in [0.1, 0.15) is 12.5 Å². The minimum Gasteiger partial charge on any atom is -0.492 e. The fourth-order valence-corrected chi connectivity index (χ4v) is 1.71. The largest absolute Gasteiger partial charge is 0.492 e. The molecular weight excluding hydrogens is 204 g/mol. The molecule has 0 radical (unpaired) electrons. The summed E-state index contributed by atoms with van der Waals surface area (Å²) in [6, 6.07) is 4.51. The zero-order valence-electron chi connectivity index (χ0n) is 8.02. The zero-order chi connectivity index (χ0) is 10.8. The van der Waals surface area contributed by atoms with Crippen LogP contribution in [-0.4, -0.2) is 19.6 Å². The Labute approximate surface area is 83.3 Å². The van der Waals surface area contributed by atoms with Crippen LogP contribution in [0.4, 0.5) is 0 Å². The van der Waals surface area contributed by atoms with Crippen molar-refractivity contribution < 1.29 is 17.7 Å². The number of hydrogen-bond donors (Lipinski definition) is 1. The van der Waals surface area contributed by atoms with E-state index in [0.29, 0.717) is 6.61 Å². The van der Waals surface area contributed by atoms with E-state index < -0.39 is 10.1 Å². The second kappa shape index (κ2) is 3.98. The van der Waals surface area contributed by atoms with Gasteiger partial charge in [0.1, 0.15) is 10.6 Å². The standard InChI is InChI=1S/C9H12O4S/c1-3-13-8-6-7(2)4-5-9(8)14(10,11)12/h4-6H,3H2,1-2H3,(H,10,11,12). The molecule has 78 valence electrons. The van der Waals surface area contributed by atoms with E-state index in [4.69, 9.17) is 9.29 Å². The van der Waals surface area contributed by atoms with Gasteiger partial charge in [0.15, 0.2) is 0 Å². The Morgan fingerprint density at radius 3 is 2.57 bits per heavy atom. The highest BCUT2D eigenvalue weighted by atomic mass is 32.2. The normalized spacial score (nSPS) is 11.4. The third kappa shape index (κ3) is 2.46. The first-order chi connectivity index (χ1) is 6.45. The third-order valence-electron chi connectivity index (χ3n) is 1.68. The zero-order valence-corrected chi connectivity index (χ0v) is 8.84. The molecule has 0 unspecified atom stereocenters. The lowest BCUT2D eigenvalue weighted by molar-refractivity contribution is 0.329. The summed E-state index contributed by atoms with van der Waals surface area (Å²) >= 11 is 0. The SMILES string of the molecule is CCOc1cc(C)ccc1S(=O)(=O)O. The lowest BCUT2D eigenvalue weighted by atomic mass is 10.2.